The second-order valence-electron chi connectivity index (χ2n) is 8.56. The van der Waals surface area contributed by atoms with Crippen molar-refractivity contribution in [1.82, 2.24) is 25.9 Å². The lowest BCUT2D eigenvalue weighted by atomic mass is 9.86. The summed E-state index contributed by atoms with van der Waals surface area (Å²) in [5.74, 6) is 0.312. The van der Waals surface area contributed by atoms with Gasteiger partial charge in [0.25, 0.3) is 5.95 Å². The van der Waals surface area contributed by atoms with Crippen LogP contribution < -0.4 is 15.1 Å². The Morgan fingerprint density at radius 3 is 2.87 bits per heavy atom. The third-order valence-corrected chi connectivity index (χ3v) is 6.18. The van der Waals surface area contributed by atoms with Crippen LogP contribution in [0, 0.1) is 5.92 Å². The quantitative estimate of drug-likeness (QED) is 0.605. The molecule has 0 bridgehead atoms. The van der Waals surface area contributed by atoms with Gasteiger partial charge in [0.1, 0.15) is 12.3 Å². The van der Waals surface area contributed by atoms with Crippen molar-refractivity contribution < 1.29 is 14.7 Å². The molecule has 0 saturated carbocycles. The van der Waals surface area contributed by atoms with Crippen molar-refractivity contribution in [3.05, 3.63) is 22.2 Å². The molecule has 4 rings (SSSR count). The van der Waals surface area contributed by atoms with E-state index >= 15 is 0 Å². The Morgan fingerprint density at radius 2 is 2.17 bits per heavy atom. The second kappa shape index (κ2) is 7.53. The van der Waals surface area contributed by atoms with Crippen LogP contribution in [0.25, 0.3) is 0 Å². The van der Waals surface area contributed by atoms with Gasteiger partial charge in [-0.15, -0.1) is 5.10 Å². The van der Waals surface area contributed by atoms with Crippen molar-refractivity contribution in [2.24, 2.45) is 5.92 Å². The molecule has 2 aliphatic rings. The number of anilines is 2. The van der Waals surface area contributed by atoms with E-state index in [0.717, 1.165) is 13.0 Å². The SMILES string of the molecule is C[C@H]1C[C@@H](NC(=O)CN2C(=O)C(C)(C)c3cc(Br)cc(O)c32)CN(c2nn[nH]n2)C1. The normalized spacial score (nSPS) is 22.9. The number of aromatic nitrogens is 4. The average Bonchev–Trinajstić information content (AvgIpc) is 3.24. The average molecular weight is 478 g/mol. The van der Waals surface area contributed by atoms with Crippen LogP contribution in [0.3, 0.4) is 0 Å². The van der Waals surface area contributed by atoms with Gasteiger partial charge in [-0.2, -0.15) is 5.21 Å². The lowest BCUT2D eigenvalue weighted by Gasteiger charge is -2.36. The molecule has 2 atom stereocenters. The van der Waals surface area contributed by atoms with Gasteiger partial charge in [0.05, 0.1) is 11.1 Å². The summed E-state index contributed by atoms with van der Waals surface area (Å²) in [5.41, 5.74) is 0.265. The fourth-order valence-electron chi connectivity index (χ4n) is 4.38. The number of carbonyl (C=O) groups is 2. The Kier molecular flexibility index (Phi) is 5.16. The molecule has 0 radical (unpaired) electrons. The molecule has 160 valence electrons. The Morgan fingerprint density at radius 1 is 1.40 bits per heavy atom. The molecule has 2 aliphatic heterocycles. The number of halogens is 1. The number of amides is 2. The number of hydrogen-bond donors (Lipinski definition) is 3. The van der Waals surface area contributed by atoms with E-state index in [-0.39, 0.29) is 30.2 Å². The Hall–Kier alpha value is -2.69. The summed E-state index contributed by atoms with van der Waals surface area (Å²) in [7, 11) is 0. The number of aromatic hydroxyl groups is 1. The molecule has 1 fully saturated rings. The molecular weight excluding hydrogens is 454 g/mol. The lowest BCUT2D eigenvalue weighted by Crippen LogP contribution is -2.53. The van der Waals surface area contributed by atoms with E-state index in [1.165, 1.54) is 11.0 Å². The van der Waals surface area contributed by atoms with Crippen LogP contribution in [-0.2, 0) is 15.0 Å². The highest BCUT2D eigenvalue weighted by molar-refractivity contribution is 9.10. The Labute approximate surface area is 182 Å². The zero-order chi connectivity index (χ0) is 21.6. The fraction of sp³-hybridized carbons (Fsp3) is 0.526. The van der Waals surface area contributed by atoms with Gasteiger partial charge in [-0.3, -0.25) is 14.5 Å². The number of hydrogen-bond acceptors (Lipinski definition) is 7. The summed E-state index contributed by atoms with van der Waals surface area (Å²) in [6.45, 7) is 6.87. The van der Waals surface area contributed by atoms with Crippen molar-refractivity contribution in [1.29, 1.82) is 0 Å². The van der Waals surface area contributed by atoms with Gasteiger partial charge in [-0.05, 0) is 49.1 Å². The molecule has 11 heteroatoms. The molecule has 0 spiro atoms. The van der Waals surface area contributed by atoms with Gasteiger partial charge < -0.3 is 15.3 Å². The smallest absolute Gasteiger partial charge is 0.265 e. The van der Waals surface area contributed by atoms with Crippen molar-refractivity contribution in [2.75, 3.05) is 29.4 Å². The molecule has 2 aromatic rings. The van der Waals surface area contributed by atoms with E-state index in [1.54, 1.807) is 13.8 Å². The maximum Gasteiger partial charge on any atom is 0.265 e. The predicted molar refractivity (Wildman–Crippen MR) is 113 cm³/mol. The van der Waals surface area contributed by atoms with Crippen LogP contribution in [0.15, 0.2) is 16.6 Å². The molecule has 10 nitrogen and oxygen atoms in total. The zero-order valence-corrected chi connectivity index (χ0v) is 18.6. The van der Waals surface area contributed by atoms with Gasteiger partial charge >= 0.3 is 0 Å². The highest BCUT2D eigenvalue weighted by Crippen LogP contribution is 2.47. The third kappa shape index (κ3) is 3.62. The Balaban J connectivity index is 1.49. The first-order valence-electron chi connectivity index (χ1n) is 9.79. The number of H-pyrrole nitrogens is 1. The van der Waals surface area contributed by atoms with Gasteiger partial charge in [-0.25, -0.2) is 0 Å². The standard InChI is InChI=1S/C19H24BrN7O3/c1-10-4-12(8-26(7-10)18-22-24-25-23-18)21-15(29)9-27-16-13(19(2,3)17(27)30)5-11(20)6-14(16)28/h5-6,10,12,28H,4,7-9H2,1-3H3,(H,21,29)(H,22,23,24,25)/t10-,12+/m0/s1. The molecule has 30 heavy (non-hydrogen) atoms. The molecule has 1 aromatic heterocycles. The number of phenolic OH excluding ortho intramolecular Hbond substituents is 1. The minimum atomic E-state index is -0.828. The number of rotatable bonds is 4. The number of nitrogens with one attached hydrogen (secondary N) is 2. The second-order valence-corrected chi connectivity index (χ2v) is 9.48. The molecule has 3 heterocycles. The van der Waals surface area contributed by atoms with E-state index < -0.39 is 5.41 Å². The highest BCUT2D eigenvalue weighted by atomic mass is 79.9. The van der Waals surface area contributed by atoms with Gasteiger partial charge in [0, 0.05) is 23.6 Å². The fourth-order valence-corrected chi connectivity index (χ4v) is 4.82. The van der Waals surface area contributed by atoms with Crippen LogP contribution in [-0.4, -0.2) is 63.2 Å². The number of phenols is 1. The Bertz CT molecular complexity index is 979. The minimum absolute atomic E-state index is 0.0272. The van der Waals surface area contributed by atoms with Gasteiger partial charge in [0.2, 0.25) is 11.8 Å². The zero-order valence-electron chi connectivity index (χ0n) is 17.0. The van der Waals surface area contributed by atoms with Crippen LogP contribution in [0.1, 0.15) is 32.8 Å². The van der Waals surface area contributed by atoms with Gasteiger partial charge in [0.15, 0.2) is 0 Å². The van der Waals surface area contributed by atoms with Crippen LogP contribution in [0.2, 0.25) is 0 Å². The first kappa shape index (κ1) is 20.6. The molecule has 0 unspecified atom stereocenters. The highest BCUT2D eigenvalue weighted by Gasteiger charge is 2.46. The van der Waals surface area contributed by atoms with Crippen molar-refractivity contribution in [2.45, 2.75) is 38.6 Å². The van der Waals surface area contributed by atoms with E-state index in [4.69, 9.17) is 0 Å². The summed E-state index contributed by atoms with van der Waals surface area (Å²) in [6, 6.07) is 3.24. The van der Waals surface area contributed by atoms with Crippen molar-refractivity contribution in [3.63, 3.8) is 0 Å². The summed E-state index contributed by atoms with van der Waals surface area (Å²) >= 11 is 3.36. The first-order valence-corrected chi connectivity index (χ1v) is 10.6. The lowest BCUT2D eigenvalue weighted by molar-refractivity contribution is -0.126. The number of carbonyl (C=O) groups excluding carboxylic acids is 2. The molecule has 0 aliphatic carbocycles. The van der Waals surface area contributed by atoms with E-state index in [2.05, 4.69) is 48.8 Å². The number of nitrogens with zero attached hydrogens (tertiary/aromatic N) is 5. The first-order chi connectivity index (χ1) is 14.2. The molecular formula is C19H24BrN7O3. The van der Waals surface area contributed by atoms with Crippen LogP contribution in [0.4, 0.5) is 11.6 Å². The number of benzene rings is 1. The largest absolute Gasteiger partial charge is 0.506 e. The minimum Gasteiger partial charge on any atom is -0.506 e. The molecule has 3 N–H and O–H groups in total. The van der Waals surface area contributed by atoms with E-state index in [1.807, 2.05) is 11.0 Å². The van der Waals surface area contributed by atoms with Crippen LogP contribution >= 0.6 is 15.9 Å². The topological polar surface area (TPSA) is 127 Å². The van der Waals surface area contributed by atoms with Crippen molar-refractivity contribution in [3.8, 4) is 5.75 Å². The van der Waals surface area contributed by atoms with Crippen LogP contribution in [0.5, 0.6) is 5.75 Å². The maximum atomic E-state index is 13.0. The predicted octanol–water partition coefficient (Wildman–Crippen LogP) is 1.32. The summed E-state index contributed by atoms with van der Waals surface area (Å²) in [5, 5.41) is 27.6. The summed E-state index contributed by atoms with van der Waals surface area (Å²) in [6.07, 6.45) is 0.814. The molecule has 1 saturated heterocycles. The van der Waals surface area contributed by atoms with E-state index in [9.17, 15) is 14.7 Å². The summed E-state index contributed by atoms with van der Waals surface area (Å²) < 4.78 is 0.684. The van der Waals surface area contributed by atoms with Gasteiger partial charge in [-0.1, -0.05) is 28.0 Å². The molecule has 1 aromatic carbocycles. The number of tetrazole rings is 1. The number of aromatic amines is 1. The molecule has 2 amide bonds. The monoisotopic (exact) mass is 477 g/mol. The van der Waals surface area contributed by atoms with Crippen molar-refractivity contribution >= 4 is 39.4 Å². The number of piperidine rings is 1. The van der Waals surface area contributed by atoms with E-state index in [0.29, 0.717) is 34.1 Å². The third-order valence-electron chi connectivity index (χ3n) is 5.72. The summed E-state index contributed by atoms with van der Waals surface area (Å²) in [4.78, 5) is 29.2. The number of fused-ring (bicyclic) bond motifs is 1. The maximum absolute atomic E-state index is 13.0.